The molecule has 1 aliphatic carbocycles. The molecule has 2 N–H and O–H groups in total. The summed E-state index contributed by atoms with van der Waals surface area (Å²) in [6.07, 6.45) is 4.20. The van der Waals surface area contributed by atoms with Crippen molar-refractivity contribution in [2.75, 3.05) is 11.9 Å². The first-order valence-corrected chi connectivity index (χ1v) is 9.52. The zero-order chi connectivity index (χ0) is 18.4. The molecular formula is C21H32N2O2. The van der Waals surface area contributed by atoms with Gasteiger partial charge in [0.25, 0.3) is 0 Å². The predicted molar refractivity (Wildman–Crippen MR) is 102 cm³/mol. The Labute approximate surface area is 151 Å². The largest absolute Gasteiger partial charge is 0.356 e. The highest BCUT2D eigenvalue weighted by Gasteiger charge is 2.29. The van der Waals surface area contributed by atoms with E-state index in [4.69, 9.17) is 0 Å². The minimum absolute atomic E-state index is 0.0143. The smallest absolute Gasteiger partial charge is 0.227 e. The lowest BCUT2D eigenvalue weighted by molar-refractivity contribution is -0.128. The predicted octanol–water partition coefficient (Wildman–Crippen LogP) is 4.21. The third-order valence-corrected chi connectivity index (χ3v) is 5.13. The number of rotatable bonds is 6. The van der Waals surface area contributed by atoms with E-state index in [9.17, 15) is 9.59 Å². The Hall–Kier alpha value is -1.84. The molecule has 4 nitrogen and oxygen atoms in total. The zero-order valence-electron chi connectivity index (χ0n) is 16.0. The first-order chi connectivity index (χ1) is 11.9. The Morgan fingerprint density at radius 3 is 2.20 bits per heavy atom. The van der Waals surface area contributed by atoms with Crippen LogP contribution in [0.5, 0.6) is 0 Å². The van der Waals surface area contributed by atoms with Crippen molar-refractivity contribution in [1.29, 1.82) is 0 Å². The molecule has 0 bridgehead atoms. The molecule has 2 rings (SSSR count). The highest BCUT2D eigenvalue weighted by molar-refractivity contribution is 5.93. The van der Waals surface area contributed by atoms with Crippen LogP contribution in [-0.2, 0) is 9.59 Å². The van der Waals surface area contributed by atoms with Crippen molar-refractivity contribution in [1.82, 2.24) is 5.32 Å². The third kappa shape index (κ3) is 5.87. The fraction of sp³-hybridized carbons (Fsp3) is 0.619. The lowest BCUT2D eigenvalue weighted by Gasteiger charge is -2.27. The molecule has 0 unspecified atom stereocenters. The highest BCUT2D eigenvalue weighted by atomic mass is 16.2. The SMILES string of the molecule is Cc1ccc(NC(=O)C2CCC(C(=O)NCCC(C)C)CC2)c(C)c1. The maximum absolute atomic E-state index is 12.5. The number of aryl methyl sites for hydroxylation is 2. The van der Waals surface area contributed by atoms with Gasteiger partial charge >= 0.3 is 0 Å². The number of carbonyl (C=O) groups is 2. The van der Waals surface area contributed by atoms with E-state index in [1.807, 2.05) is 26.0 Å². The lowest BCUT2D eigenvalue weighted by atomic mass is 9.81. The van der Waals surface area contributed by atoms with Crippen molar-refractivity contribution in [3.8, 4) is 0 Å². The van der Waals surface area contributed by atoms with E-state index in [2.05, 4.69) is 30.5 Å². The van der Waals surface area contributed by atoms with Gasteiger partial charge in [-0.2, -0.15) is 0 Å². The van der Waals surface area contributed by atoms with Crippen LogP contribution >= 0.6 is 0 Å². The fourth-order valence-corrected chi connectivity index (χ4v) is 3.43. The second-order valence-corrected chi connectivity index (χ2v) is 7.83. The Morgan fingerprint density at radius 1 is 1.04 bits per heavy atom. The lowest BCUT2D eigenvalue weighted by Crippen LogP contribution is -2.36. The molecule has 1 aromatic rings. The average molecular weight is 344 g/mol. The standard InChI is InChI=1S/C21H32N2O2/c1-14(2)11-12-22-20(24)17-6-8-18(9-7-17)21(25)23-19-10-5-15(3)13-16(19)4/h5,10,13-14,17-18H,6-9,11-12H2,1-4H3,(H,22,24)(H,23,25). The van der Waals surface area contributed by atoms with Crippen molar-refractivity contribution in [3.63, 3.8) is 0 Å². The van der Waals surface area contributed by atoms with Crippen LogP contribution < -0.4 is 10.6 Å². The maximum Gasteiger partial charge on any atom is 0.227 e. The van der Waals surface area contributed by atoms with Crippen LogP contribution in [0.3, 0.4) is 0 Å². The summed E-state index contributed by atoms with van der Waals surface area (Å²) >= 11 is 0. The van der Waals surface area contributed by atoms with E-state index in [-0.39, 0.29) is 23.7 Å². The van der Waals surface area contributed by atoms with E-state index in [0.717, 1.165) is 49.9 Å². The summed E-state index contributed by atoms with van der Waals surface area (Å²) in [5, 5.41) is 6.10. The van der Waals surface area contributed by atoms with Crippen molar-refractivity contribution in [3.05, 3.63) is 29.3 Å². The number of hydrogen-bond acceptors (Lipinski definition) is 2. The first kappa shape index (κ1) is 19.5. The third-order valence-electron chi connectivity index (χ3n) is 5.13. The summed E-state index contributed by atoms with van der Waals surface area (Å²) in [5.41, 5.74) is 3.18. The van der Waals surface area contributed by atoms with E-state index in [0.29, 0.717) is 5.92 Å². The molecule has 0 radical (unpaired) electrons. The monoisotopic (exact) mass is 344 g/mol. The quantitative estimate of drug-likeness (QED) is 0.812. The fourth-order valence-electron chi connectivity index (χ4n) is 3.43. The van der Waals surface area contributed by atoms with E-state index >= 15 is 0 Å². The van der Waals surface area contributed by atoms with Crippen molar-refractivity contribution in [2.45, 2.75) is 59.8 Å². The summed E-state index contributed by atoms with van der Waals surface area (Å²) in [6.45, 7) is 9.13. The first-order valence-electron chi connectivity index (χ1n) is 9.52. The topological polar surface area (TPSA) is 58.2 Å². The van der Waals surface area contributed by atoms with Gasteiger partial charge < -0.3 is 10.6 Å². The van der Waals surface area contributed by atoms with Gasteiger partial charge in [0.2, 0.25) is 11.8 Å². The zero-order valence-corrected chi connectivity index (χ0v) is 16.0. The van der Waals surface area contributed by atoms with Crippen LogP contribution in [0.2, 0.25) is 0 Å². The van der Waals surface area contributed by atoms with Gasteiger partial charge in [-0.05, 0) is 63.5 Å². The summed E-state index contributed by atoms with van der Waals surface area (Å²) in [4.78, 5) is 24.7. The molecule has 0 saturated heterocycles. The van der Waals surface area contributed by atoms with Crippen molar-refractivity contribution in [2.24, 2.45) is 17.8 Å². The van der Waals surface area contributed by atoms with Crippen LogP contribution in [-0.4, -0.2) is 18.4 Å². The Balaban J connectivity index is 1.79. The molecule has 0 heterocycles. The van der Waals surface area contributed by atoms with Gasteiger partial charge in [0, 0.05) is 24.1 Å². The van der Waals surface area contributed by atoms with E-state index in [1.54, 1.807) is 0 Å². The summed E-state index contributed by atoms with van der Waals surface area (Å²) in [6, 6.07) is 6.06. The van der Waals surface area contributed by atoms with E-state index in [1.165, 1.54) is 5.56 Å². The van der Waals surface area contributed by atoms with Gasteiger partial charge in [-0.15, -0.1) is 0 Å². The molecule has 1 fully saturated rings. The van der Waals surface area contributed by atoms with Gasteiger partial charge in [-0.25, -0.2) is 0 Å². The molecule has 138 valence electrons. The van der Waals surface area contributed by atoms with Crippen molar-refractivity contribution >= 4 is 17.5 Å². The second kappa shape index (κ2) is 9.02. The molecule has 1 aromatic carbocycles. The van der Waals surface area contributed by atoms with Gasteiger partial charge in [-0.3, -0.25) is 9.59 Å². The van der Waals surface area contributed by atoms with Crippen LogP contribution in [0.25, 0.3) is 0 Å². The number of amides is 2. The second-order valence-electron chi connectivity index (χ2n) is 7.83. The molecule has 4 heteroatoms. The molecule has 0 spiro atoms. The van der Waals surface area contributed by atoms with Crippen LogP contribution in [0, 0.1) is 31.6 Å². The highest BCUT2D eigenvalue weighted by Crippen LogP contribution is 2.30. The van der Waals surface area contributed by atoms with Gasteiger partial charge in [0.1, 0.15) is 0 Å². The molecule has 25 heavy (non-hydrogen) atoms. The molecular weight excluding hydrogens is 312 g/mol. The molecule has 0 atom stereocenters. The molecule has 1 saturated carbocycles. The minimum Gasteiger partial charge on any atom is -0.356 e. The molecule has 1 aliphatic rings. The molecule has 0 aliphatic heterocycles. The number of anilines is 1. The van der Waals surface area contributed by atoms with Crippen LogP contribution in [0.1, 0.15) is 57.1 Å². The van der Waals surface area contributed by atoms with Crippen LogP contribution in [0.4, 0.5) is 5.69 Å². The number of carbonyl (C=O) groups excluding carboxylic acids is 2. The summed E-state index contributed by atoms with van der Waals surface area (Å²) in [7, 11) is 0. The Kier molecular flexibility index (Phi) is 7.03. The summed E-state index contributed by atoms with van der Waals surface area (Å²) < 4.78 is 0. The number of nitrogens with one attached hydrogen (secondary N) is 2. The van der Waals surface area contributed by atoms with Gasteiger partial charge in [-0.1, -0.05) is 31.5 Å². The normalized spacial score (nSPS) is 20.4. The van der Waals surface area contributed by atoms with Gasteiger partial charge in [0.15, 0.2) is 0 Å². The maximum atomic E-state index is 12.5. The number of benzene rings is 1. The van der Waals surface area contributed by atoms with E-state index < -0.39 is 0 Å². The number of hydrogen-bond donors (Lipinski definition) is 2. The molecule has 0 aromatic heterocycles. The minimum atomic E-state index is 0.0143. The van der Waals surface area contributed by atoms with Crippen molar-refractivity contribution < 1.29 is 9.59 Å². The Bertz CT molecular complexity index is 602. The van der Waals surface area contributed by atoms with Crippen LogP contribution in [0.15, 0.2) is 18.2 Å². The molecule has 2 amide bonds. The average Bonchev–Trinajstić information content (AvgIpc) is 2.57. The Morgan fingerprint density at radius 2 is 1.64 bits per heavy atom. The summed E-state index contributed by atoms with van der Waals surface area (Å²) in [5.74, 6) is 0.933. The van der Waals surface area contributed by atoms with Gasteiger partial charge in [0.05, 0.1) is 0 Å².